The zero-order chi connectivity index (χ0) is 13.2. The average molecular weight is 274 g/mol. The molecule has 0 spiro atoms. The van der Waals surface area contributed by atoms with E-state index in [0.29, 0.717) is 6.04 Å². The second-order valence-corrected chi connectivity index (χ2v) is 5.87. The molecule has 100 valence electrons. The maximum Gasteiger partial charge on any atom is 0.210 e. The van der Waals surface area contributed by atoms with Gasteiger partial charge in [-0.05, 0) is 18.9 Å². The molecule has 0 radical (unpaired) electrons. The van der Waals surface area contributed by atoms with Gasteiger partial charge >= 0.3 is 0 Å². The van der Waals surface area contributed by atoms with Crippen molar-refractivity contribution in [2.75, 3.05) is 11.2 Å². The third-order valence-corrected chi connectivity index (χ3v) is 4.34. The number of fused-ring (bicyclic) bond motifs is 1. The van der Waals surface area contributed by atoms with E-state index in [0.717, 1.165) is 29.6 Å². The van der Waals surface area contributed by atoms with Crippen molar-refractivity contribution in [2.24, 2.45) is 0 Å². The summed E-state index contributed by atoms with van der Waals surface area (Å²) < 4.78 is 2.06. The van der Waals surface area contributed by atoms with Crippen LogP contribution in [0.4, 0.5) is 0 Å². The molecular formula is C14H18N4S. The fraction of sp³-hybridized carbons (Fsp3) is 0.429. The minimum atomic E-state index is 0.324. The van der Waals surface area contributed by atoms with Crippen LogP contribution in [0.25, 0.3) is 0 Å². The summed E-state index contributed by atoms with van der Waals surface area (Å²) >= 11 is 1.77. The number of hydrogen-bond acceptors (Lipinski definition) is 4. The Kier molecular flexibility index (Phi) is 3.46. The van der Waals surface area contributed by atoms with E-state index in [4.69, 9.17) is 0 Å². The smallest absolute Gasteiger partial charge is 0.210 e. The lowest BCUT2D eigenvalue weighted by atomic mass is 10.1. The molecule has 5 heteroatoms. The topological polar surface area (TPSA) is 42.7 Å². The Morgan fingerprint density at radius 2 is 2.11 bits per heavy atom. The van der Waals surface area contributed by atoms with E-state index in [-0.39, 0.29) is 0 Å². The molecule has 0 saturated heterocycles. The number of benzene rings is 1. The van der Waals surface area contributed by atoms with Gasteiger partial charge in [0.15, 0.2) is 5.82 Å². The van der Waals surface area contributed by atoms with Crippen LogP contribution in [0, 0.1) is 6.92 Å². The standard InChI is InChI=1S/C14H18N4S/c1-3-4-13-15-16-14-18(13)17-12(9-19-14)11-7-5-10(2)6-8-11/h5-8,12,17H,3-4,9H2,1-2H3. The Hall–Kier alpha value is -1.49. The Bertz CT molecular complexity index is 561. The SMILES string of the molecule is CCCc1nnc2n1NC(c1ccc(C)cc1)CS2. The third-order valence-electron chi connectivity index (χ3n) is 3.32. The van der Waals surface area contributed by atoms with E-state index < -0.39 is 0 Å². The monoisotopic (exact) mass is 274 g/mol. The van der Waals surface area contributed by atoms with Crippen LogP contribution in [0.1, 0.15) is 36.3 Å². The van der Waals surface area contributed by atoms with Crippen LogP contribution in [0.2, 0.25) is 0 Å². The van der Waals surface area contributed by atoms with Crippen molar-refractivity contribution < 1.29 is 0 Å². The molecular weight excluding hydrogens is 256 g/mol. The van der Waals surface area contributed by atoms with Gasteiger partial charge in [0.1, 0.15) is 0 Å². The molecule has 0 fully saturated rings. The lowest BCUT2D eigenvalue weighted by molar-refractivity contribution is 0.627. The first-order valence-electron chi connectivity index (χ1n) is 6.68. The number of rotatable bonds is 3. The van der Waals surface area contributed by atoms with Crippen molar-refractivity contribution in [3.63, 3.8) is 0 Å². The number of aryl methyl sites for hydroxylation is 2. The van der Waals surface area contributed by atoms with E-state index >= 15 is 0 Å². The molecule has 1 N–H and O–H groups in total. The molecule has 1 aliphatic heterocycles. The normalized spacial score (nSPS) is 17.9. The van der Waals surface area contributed by atoms with Gasteiger partial charge < -0.3 is 5.43 Å². The van der Waals surface area contributed by atoms with Crippen molar-refractivity contribution >= 4 is 11.8 Å². The molecule has 4 nitrogen and oxygen atoms in total. The van der Waals surface area contributed by atoms with Crippen LogP contribution in [-0.2, 0) is 6.42 Å². The minimum absolute atomic E-state index is 0.324. The molecule has 1 unspecified atom stereocenters. The van der Waals surface area contributed by atoms with Crippen LogP contribution < -0.4 is 5.43 Å². The van der Waals surface area contributed by atoms with Crippen molar-refractivity contribution in [1.82, 2.24) is 14.9 Å². The van der Waals surface area contributed by atoms with E-state index in [9.17, 15) is 0 Å². The van der Waals surface area contributed by atoms with E-state index in [2.05, 4.69) is 58.4 Å². The van der Waals surface area contributed by atoms with Gasteiger partial charge in [-0.3, -0.25) is 0 Å². The van der Waals surface area contributed by atoms with Crippen LogP contribution >= 0.6 is 11.8 Å². The number of aromatic nitrogens is 3. The summed E-state index contributed by atoms with van der Waals surface area (Å²) in [6.45, 7) is 4.28. The highest BCUT2D eigenvalue weighted by Crippen LogP contribution is 2.30. The van der Waals surface area contributed by atoms with Crippen LogP contribution in [-0.4, -0.2) is 20.6 Å². The molecule has 1 aliphatic rings. The van der Waals surface area contributed by atoms with Gasteiger partial charge in [0.05, 0.1) is 6.04 Å². The fourth-order valence-corrected chi connectivity index (χ4v) is 3.20. The van der Waals surface area contributed by atoms with Crippen LogP contribution in [0.5, 0.6) is 0 Å². The first kappa shape index (κ1) is 12.5. The second kappa shape index (κ2) is 5.25. The molecule has 0 amide bonds. The summed E-state index contributed by atoms with van der Waals surface area (Å²) in [6.07, 6.45) is 2.04. The zero-order valence-corrected chi connectivity index (χ0v) is 12.1. The van der Waals surface area contributed by atoms with Crippen molar-refractivity contribution in [3.8, 4) is 0 Å². The van der Waals surface area contributed by atoms with Gasteiger partial charge in [-0.2, -0.15) is 0 Å². The van der Waals surface area contributed by atoms with Gasteiger partial charge in [-0.15, -0.1) is 10.2 Å². The quantitative estimate of drug-likeness (QED) is 0.934. The van der Waals surface area contributed by atoms with Crippen molar-refractivity contribution in [1.29, 1.82) is 0 Å². The number of hydrogen-bond donors (Lipinski definition) is 1. The van der Waals surface area contributed by atoms with Crippen molar-refractivity contribution in [3.05, 3.63) is 41.2 Å². The lowest BCUT2D eigenvalue weighted by Gasteiger charge is -2.26. The summed E-state index contributed by atoms with van der Waals surface area (Å²) in [5.41, 5.74) is 6.15. The highest BCUT2D eigenvalue weighted by molar-refractivity contribution is 7.99. The molecule has 19 heavy (non-hydrogen) atoms. The van der Waals surface area contributed by atoms with Gasteiger partial charge in [-0.25, -0.2) is 4.68 Å². The summed E-state index contributed by atoms with van der Waals surface area (Å²) in [5, 5.41) is 9.47. The minimum Gasteiger partial charge on any atom is -0.314 e. The van der Waals surface area contributed by atoms with Gasteiger partial charge in [-0.1, -0.05) is 48.5 Å². The Morgan fingerprint density at radius 1 is 1.32 bits per heavy atom. The van der Waals surface area contributed by atoms with Crippen LogP contribution in [0.15, 0.2) is 29.4 Å². The molecule has 0 bridgehead atoms. The number of nitrogens with zero attached hydrogens (tertiary/aromatic N) is 3. The predicted molar refractivity (Wildman–Crippen MR) is 78.0 cm³/mol. The molecule has 1 aromatic heterocycles. The Labute approximate surface area is 117 Å². The summed E-state index contributed by atoms with van der Waals surface area (Å²) in [6, 6.07) is 9.04. The molecule has 1 atom stereocenters. The summed E-state index contributed by atoms with van der Waals surface area (Å²) in [7, 11) is 0. The highest BCUT2D eigenvalue weighted by Gasteiger charge is 2.23. The maximum atomic E-state index is 4.26. The lowest BCUT2D eigenvalue weighted by Crippen LogP contribution is -2.29. The van der Waals surface area contributed by atoms with Gasteiger partial charge in [0.2, 0.25) is 5.16 Å². The zero-order valence-electron chi connectivity index (χ0n) is 11.3. The number of nitrogens with one attached hydrogen (secondary N) is 1. The fourth-order valence-electron chi connectivity index (χ4n) is 2.23. The average Bonchev–Trinajstić information content (AvgIpc) is 2.83. The van der Waals surface area contributed by atoms with E-state index in [1.54, 1.807) is 11.8 Å². The number of thioether (sulfide) groups is 1. The summed E-state index contributed by atoms with van der Waals surface area (Å²) in [5.74, 6) is 2.02. The molecule has 1 aromatic carbocycles. The summed E-state index contributed by atoms with van der Waals surface area (Å²) in [4.78, 5) is 0. The largest absolute Gasteiger partial charge is 0.314 e. The predicted octanol–water partition coefficient (Wildman–Crippen LogP) is 2.93. The molecule has 2 aromatic rings. The second-order valence-electron chi connectivity index (χ2n) is 4.89. The molecule has 0 aliphatic carbocycles. The molecule has 0 saturated carbocycles. The first-order valence-corrected chi connectivity index (χ1v) is 7.66. The van der Waals surface area contributed by atoms with Gasteiger partial charge in [0, 0.05) is 12.2 Å². The third kappa shape index (κ3) is 2.47. The Morgan fingerprint density at radius 3 is 2.84 bits per heavy atom. The van der Waals surface area contributed by atoms with Crippen LogP contribution in [0.3, 0.4) is 0 Å². The van der Waals surface area contributed by atoms with Gasteiger partial charge in [0.25, 0.3) is 0 Å². The highest BCUT2D eigenvalue weighted by atomic mass is 32.2. The van der Waals surface area contributed by atoms with E-state index in [1.165, 1.54) is 11.1 Å². The van der Waals surface area contributed by atoms with Crippen molar-refractivity contribution in [2.45, 2.75) is 37.9 Å². The molecule has 2 heterocycles. The maximum absolute atomic E-state index is 4.26. The first-order chi connectivity index (χ1) is 9.28. The van der Waals surface area contributed by atoms with E-state index in [1.807, 2.05) is 0 Å². The Balaban J connectivity index is 1.84. The molecule has 3 rings (SSSR count).